The van der Waals surface area contributed by atoms with Crippen LogP contribution in [-0.4, -0.2) is 13.3 Å². The third kappa shape index (κ3) is 3.36. The van der Waals surface area contributed by atoms with Gasteiger partial charge in [0, 0.05) is 11.6 Å². The Balaban J connectivity index is 2.41. The van der Waals surface area contributed by atoms with Gasteiger partial charge in [-0.25, -0.2) is 8.42 Å². The van der Waals surface area contributed by atoms with Gasteiger partial charge >= 0.3 is 0 Å². The van der Waals surface area contributed by atoms with Crippen LogP contribution in [0.4, 0.5) is 11.4 Å². The zero-order valence-corrected chi connectivity index (χ0v) is 12.6. The van der Waals surface area contributed by atoms with Crippen molar-refractivity contribution in [1.29, 1.82) is 0 Å². The minimum absolute atomic E-state index is 0.140. The summed E-state index contributed by atoms with van der Waals surface area (Å²) in [5.74, 6) is 2.38. The van der Waals surface area contributed by atoms with Gasteiger partial charge < -0.3 is 0 Å². The highest BCUT2D eigenvalue weighted by Crippen LogP contribution is 2.28. The molecule has 6 nitrogen and oxygen atoms in total. The highest BCUT2D eigenvalue weighted by Gasteiger charge is 2.20. The zero-order valence-electron chi connectivity index (χ0n) is 11.0. The fourth-order valence-corrected chi connectivity index (χ4v) is 2.94. The highest BCUT2D eigenvalue weighted by molar-refractivity contribution is 7.92. The number of terminal acetylenes is 1. The summed E-state index contributed by atoms with van der Waals surface area (Å²) in [7, 11) is -3.99. The first-order valence-electron chi connectivity index (χ1n) is 5.87. The first kappa shape index (κ1) is 15.8. The number of nitrogens with one attached hydrogen (secondary N) is 1. The van der Waals surface area contributed by atoms with E-state index in [2.05, 4.69) is 10.6 Å². The van der Waals surface area contributed by atoms with Crippen LogP contribution in [0.1, 0.15) is 5.56 Å². The minimum Gasteiger partial charge on any atom is -0.280 e. The maximum atomic E-state index is 12.3. The number of nitro groups is 1. The number of hydrogen-bond acceptors (Lipinski definition) is 4. The molecule has 22 heavy (non-hydrogen) atoms. The van der Waals surface area contributed by atoms with Crippen molar-refractivity contribution in [2.24, 2.45) is 0 Å². The summed E-state index contributed by atoms with van der Waals surface area (Å²) in [6.45, 7) is 0. The van der Waals surface area contributed by atoms with Crippen LogP contribution in [0.2, 0.25) is 5.02 Å². The molecule has 2 aromatic rings. The van der Waals surface area contributed by atoms with Gasteiger partial charge in [0.2, 0.25) is 0 Å². The Morgan fingerprint density at radius 3 is 2.59 bits per heavy atom. The summed E-state index contributed by atoms with van der Waals surface area (Å²) < 4.78 is 26.8. The van der Waals surface area contributed by atoms with E-state index in [0.29, 0.717) is 5.56 Å². The van der Waals surface area contributed by atoms with Crippen molar-refractivity contribution in [2.45, 2.75) is 4.90 Å². The smallest absolute Gasteiger partial charge is 0.280 e. The number of hydrogen-bond donors (Lipinski definition) is 1. The van der Waals surface area contributed by atoms with E-state index in [9.17, 15) is 18.5 Å². The SMILES string of the molecule is C#Cc1cccc(NS(=O)(=O)c2ccc(Cl)c([N+](=O)[O-])c2)c1. The van der Waals surface area contributed by atoms with Crippen molar-refractivity contribution < 1.29 is 13.3 Å². The average molecular weight is 337 g/mol. The normalized spacial score (nSPS) is 10.7. The molecule has 0 aliphatic carbocycles. The van der Waals surface area contributed by atoms with Crippen LogP contribution in [0.25, 0.3) is 0 Å². The number of rotatable bonds is 4. The third-order valence-electron chi connectivity index (χ3n) is 2.71. The first-order valence-corrected chi connectivity index (χ1v) is 7.73. The van der Waals surface area contributed by atoms with E-state index in [-0.39, 0.29) is 15.6 Å². The Morgan fingerprint density at radius 2 is 1.95 bits per heavy atom. The van der Waals surface area contributed by atoms with E-state index in [1.54, 1.807) is 12.1 Å². The summed E-state index contributed by atoms with van der Waals surface area (Å²) >= 11 is 5.66. The van der Waals surface area contributed by atoms with Crippen LogP contribution >= 0.6 is 11.6 Å². The molecule has 0 atom stereocenters. The maximum absolute atomic E-state index is 12.3. The molecular weight excluding hydrogens is 328 g/mol. The van der Waals surface area contributed by atoms with Crippen molar-refractivity contribution in [3.63, 3.8) is 0 Å². The molecule has 112 valence electrons. The number of anilines is 1. The summed E-state index contributed by atoms with van der Waals surface area (Å²) in [6, 6.07) is 9.47. The van der Waals surface area contributed by atoms with Crippen molar-refractivity contribution >= 4 is 33.0 Å². The Hall–Kier alpha value is -2.56. The summed E-state index contributed by atoms with van der Waals surface area (Å²) in [5, 5.41) is 10.7. The third-order valence-corrected chi connectivity index (χ3v) is 4.40. The fourth-order valence-electron chi connectivity index (χ4n) is 1.69. The fraction of sp³-hybridized carbons (Fsp3) is 0. The molecule has 0 spiro atoms. The molecule has 1 N–H and O–H groups in total. The molecule has 0 unspecified atom stereocenters. The topological polar surface area (TPSA) is 89.3 Å². The van der Waals surface area contributed by atoms with Gasteiger partial charge in [-0.05, 0) is 30.3 Å². The van der Waals surface area contributed by atoms with E-state index >= 15 is 0 Å². The average Bonchev–Trinajstić information content (AvgIpc) is 2.46. The molecule has 8 heteroatoms. The zero-order chi connectivity index (χ0) is 16.3. The van der Waals surface area contributed by atoms with Crippen LogP contribution in [0.15, 0.2) is 47.4 Å². The van der Waals surface area contributed by atoms with E-state index in [1.807, 2.05) is 0 Å². The van der Waals surface area contributed by atoms with Gasteiger partial charge in [0.05, 0.1) is 15.5 Å². The van der Waals surface area contributed by atoms with E-state index in [1.165, 1.54) is 18.2 Å². The van der Waals surface area contributed by atoms with Crippen molar-refractivity contribution in [1.82, 2.24) is 0 Å². The molecule has 0 aromatic heterocycles. The molecule has 0 aliphatic heterocycles. The van der Waals surface area contributed by atoms with E-state index in [0.717, 1.165) is 12.1 Å². The van der Waals surface area contributed by atoms with Gasteiger partial charge in [0.25, 0.3) is 15.7 Å². The lowest BCUT2D eigenvalue weighted by Crippen LogP contribution is -2.13. The van der Waals surface area contributed by atoms with Gasteiger partial charge in [-0.15, -0.1) is 6.42 Å². The van der Waals surface area contributed by atoms with E-state index in [4.69, 9.17) is 18.0 Å². The van der Waals surface area contributed by atoms with Gasteiger partial charge in [-0.1, -0.05) is 23.6 Å². The minimum atomic E-state index is -3.99. The second kappa shape index (κ2) is 6.05. The molecule has 0 bridgehead atoms. The van der Waals surface area contributed by atoms with Crippen LogP contribution in [-0.2, 0) is 10.0 Å². The molecule has 0 amide bonds. The molecule has 0 aliphatic rings. The lowest BCUT2D eigenvalue weighted by molar-refractivity contribution is -0.384. The second-order valence-corrected chi connectivity index (χ2v) is 6.29. The number of nitrogens with zero attached hydrogens (tertiary/aromatic N) is 1. The Bertz CT molecular complexity index is 888. The molecule has 0 fully saturated rings. The molecule has 0 radical (unpaired) electrons. The standard InChI is InChI=1S/C14H9ClN2O4S/c1-2-10-4-3-5-11(8-10)16-22(20,21)12-6-7-13(15)14(9-12)17(18)19/h1,3-9,16H. The molecule has 0 saturated carbocycles. The van der Waals surface area contributed by atoms with Gasteiger partial charge in [-0.2, -0.15) is 0 Å². The Morgan fingerprint density at radius 1 is 1.23 bits per heavy atom. The lowest BCUT2D eigenvalue weighted by Gasteiger charge is -2.08. The molecule has 2 rings (SSSR count). The van der Waals surface area contributed by atoms with Crippen LogP contribution in [0.5, 0.6) is 0 Å². The molecule has 0 heterocycles. The summed E-state index contributed by atoms with van der Waals surface area (Å²) in [5.41, 5.74) is 0.275. The number of nitro benzene ring substituents is 1. The summed E-state index contributed by atoms with van der Waals surface area (Å²) in [6.07, 6.45) is 5.25. The monoisotopic (exact) mass is 336 g/mol. The molecule has 2 aromatic carbocycles. The van der Waals surface area contributed by atoms with Crippen molar-refractivity contribution in [3.05, 3.63) is 63.2 Å². The number of benzene rings is 2. The molecular formula is C14H9ClN2O4S. The Kier molecular flexibility index (Phi) is 4.35. The number of halogens is 1. The largest absolute Gasteiger partial charge is 0.289 e. The van der Waals surface area contributed by atoms with Crippen molar-refractivity contribution in [3.8, 4) is 12.3 Å². The van der Waals surface area contributed by atoms with Crippen LogP contribution in [0, 0.1) is 22.5 Å². The van der Waals surface area contributed by atoms with Crippen molar-refractivity contribution in [2.75, 3.05) is 4.72 Å². The predicted molar refractivity (Wildman–Crippen MR) is 83.3 cm³/mol. The second-order valence-electron chi connectivity index (χ2n) is 4.20. The van der Waals surface area contributed by atoms with Crippen LogP contribution in [0.3, 0.4) is 0 Å². The summed E-state index contributed by atoms with van der Waals surface area (Å²) in [4.78, 5) is 9.81. The highest BCUT2D eigenvalue weighted by atomic mass is 35.5. The van der Waals surface area contributed by atoms with Gasteiger partial charge in [0.15, 0.2) is 0 Å². The Labute approximate surface area is 131 Å². The first-order chi connectivity index (χ1) is 10.3. The molecule has 0 saturated heterocycles. The lowest BCUT2D eigenvalue weighted by atomic mass is 10.2. The predicted octanol–water partition coefficient (Wildman–Crippen LogP) is 3.03. The maximum Gasteiger partial charge on any atom is 0.289 e. The van der Waals surface area contributed by atoms with Gasteiger partial charge in [0.1, 0.15) is 5.02 Å². The van der Waals surface area contributed by atoms with Gasteiger partial charge in [-0.3, -0.25) is 14.8 Å². The van der Waals surface area contributed by atoms with Crippen LogP contribution < -0.4 is 4.72 Å². The van der Waals surface area contributed by atoms with E-state index < -0.39 is 20.6 Å². The quantitative estimate of drug-likeness (QED) is 0.528. The number of sulfonamides is 1.